The van der Waals surface area contributed by atoms with Crippen molar-refractivity contribution in [1.82, 2.24) is 4.90 Å². The molecule has 0 aromatic heterocycles. The van der Waals surface area contributed by atoms with Gasteiger partial charge in [0, 0.05) is 6.07 Å². The van der Waals surface area contributed by atoms with E-state index in [1.165, 1.54) is 28.4 Å². The Kier molecular flexibility index (Phi) is 6.76. The van der Waals surface area contributed by atoms with Gasteiger partial charge in [-0.2, -0.15) is 0 Å². The van der Waals surface area contributed by atoms with E-state index in [-0.39, 0.29) is 17.3 Å². The van der Waals surface area contributed by atoms with Gasteiger partial charge in [-0.3, -0.25) is 9.10 Å². The molecule has 1 fully saturated rings. The van der Waals surface area contributed by atoms with Gasteiger partial charge in [-0.05, 0) is 31.2 Å². The Bertz CT molecular complexity index is 926. The van der Waals surface area contributed by atoms with Crippen LogP contribution < -0.4 is 13.9 Å². The lowest BCUT2D eigenvalue weighted by atomic mass is 10.3. The number of amides is 1. The summed E-state index contributed by atoms with van der Waals surface area (Å²) in [6, 6.07) is 14.9. The largest absolute Gasteiger partial charge is 0.497 e. The molecule has 1 amide bonds. The van der Waals surface area contributed by atoms with Crippen LogP contribution in [0.1, 0.15) is 6.92 Å². The predicted octanol–water partition coefficient (Wildman–Crippen LogP) is 0.638. The van der Waals surface area contributed by atoms with Gasteiger partial charge in [-0.1, -0.05) is 24.3 Å². The highest BCUT2D eigenvalue weighted by molar-refractivity contribution is 7.92. The molecule has 1 N–H and O–H groups in total. The Labute approximate surface area is 172 Å². The zero-order valence-electron chi connectivity index (χ0n) is 16.9. The quantitative estimate of drug-likeness (QED) is 0.716. The van der Waals surface area contributed by atoms with Crippen molar-refractivity contribution in [2.24, 2.45) is 0 Å². The number of carbonyl (C=O) groups excluding carboxylic acids is 1. The summed E-state index contributed by atoms with van der Waals surface area (Å²) in [4.78, 5) is 16.3. The third kappa shape index (κ3) is 4.89. The molecule has 1 heterocycles. The third-order valence-electron chi connectivity index (χ3n) is 5.27. The van der Waals surface area contributed by atoms with Gasteiger partial charge in [-0.25, -0.2) is 8.42 Å². The van der Waals surface area contributed by atoms with Crippen LogP contribution in [0.4, 0.5) is 5.69 Å². The molecule has 0 unspecified atom stereocenters. The Morgan fingerprint density at radius 2 is 1.79 bits per heavy atom. The van der Waals surface area contributed by atoms with Gasteiger partial charge in [0.1, 0.15) is 12.3 Å². The van der Waals surface area contributed by atoms with Crippen molar-refractivity contribution >= 4 is 21.6 Å². The van der Waals surface area contributed by atoms with Crippen LogP contribution in [-0.2, 0) is 14.8 Å². The first-order chi connectivity index (χ1) is 14.0. The molecule has 0 radical (unpaired) electrons. The van der Waals surface area contributed by atoms with Crippen molar-refractivity contribution in [3.8, 4) is 5.75 Å². The SMILES string of the molecule is CC[NH+]1CCN(C(=O)CN(c2cccc(OC)c2)S(=O)(=O)c2ccccc2)CC1. The molecule has 156 valence electrons. The number of anilines is 1. The molecule has 0 bridgehead atoms. The normalized spacial score (nSPS) is 15.2. The van der Waals surface area contributed by atoms with E-state index in [0.29, 0.717) is 24.5 Å². The van der Waals surface area contributed by atoms with Gasteiger partial charge < -0.3 is 14.5 Å². The van der Waals surface area contributed by atoms with Crippen LogP contribution in [0, 0.1) is 0 Å². The number of hydrogen-bond acceptors (Lipinski definition) is 4. The monoisotopic (exact) mass is 418 g/mol. The summed E-state index contributed by atoms with van der Waals surface area (Å²) >= 11 is 0. The van der Waals surface area contributed by atoms with Gasteiger partial charge in [0.15, 0.2) is 0 Å². The number of piperazine rings is 1. The standard InChI is InChI=1S/C21H27N3O4S/c1-3-22-12-14-23(15-13-22)21(25)17-24(18-8-7-9-19(16-18)28-2)29(26,27)20-10-5-4-6-11-20/h4-11,16H,3,12-15,17H2,1-2H3/p+1. The van der Waals surface area contributed by atoms with Crippen molar-refractivity contribution in [3.05, 3.63) is 54.6 Å². The number of likely N-dealkylation sites (N-methyl/N-ethyl adjacent to an activating group) is 1. The van der Waals surface area contributed by atoms with Crippen molar-refractivity contribution in [3.63, 3.8) is 0 Å². The van der Waals surface area contributed by atoms with Crippen molar-refractivity contribution in [2.45, 2.75) is 11.8 Å². The van der Waals surface area contributed by atoms with E-state index >= 15 is 0 Å². The molecule has 0 aliphatic carbocycles. The second-order valence-corrected chi connectivity index (χ2v) is 8.87. The highest BCUT2D eigenvalue weighted by Gasteiger charge is 2.30. The minimum absolute atomic E-state index is 0.149. The van der Waals surface area contributed by atoms with E-state index < -0.39 is 10.0 Å². The lowest BCUT2D eigenvalue weighted by Crippen LogP contribution is -3.14. The van der Waals surface area contributed by atoms with Crippen molar-refractivity contribution in [1.29, 1.82) is 0 Å². The number of nitrogens with zero attached hydrogens (tertiary/aromatic N) is 2. The first kappa shape index (κ1) is 21.1. The summed E-state index contributed by atoms with van der Waals surface area (Å²) in [5.74, 6) is 0.339. The van der Waals surface area contributed by atoms with Crippen molar-refractivity contribution < 1.29 is 22.8 Å². The molecule has 1 saturated heterocycles. The summed E-state index contributed by atoms with van der Waals surface area (Å²) in [5.41, 5.74) is 0.402. The van der Waals surface area contributed by atoms with Gasteiger partial charge in [0.25, 0.3) is 10.0 Å². The number of ether oxygens (including phenoxy) is 1. The smallest absolute Gasteiger partial charge is 0.264 e. The number of methoxy groups -OCH3 is 1. The van der Waals surface area contributed by atoms with Crippen LogP contribution in [-0.4, -0.2) is 65.6 Å². The van der Waals surface area contributed by atoms with Crippen LogP contribution in [0.3, 0.4) is 0 Å². The summed E-state index contributed by atoms with van der Waals surface area (Å²) in [5, 5.41) is 0. The van der Waals surface area contributed by atoms with E-state index in [4.69, 9.17) is 4.74 Å². The highest BCUT2D eigenvalue weighted by Crippen LogP contribution is 2.27. The molecule has 1 aliphatic rings. The second-order valence-electron chi connectivity index (χ2n) is 7.01. The fraction of sp³-hybridized carbons (Fsp3) is 0.381. The molecule has 0 saturated carbocycles. The molecule has 2 aromatic rings. The van der Waals surface area contributed by atoms with Crippen LogP contribution in [0.2, 0.25) is 0 Å². The summed E-state index contributed by atoms with van der Waals surface area (Å²) in [6.07, 6.45) is 0. The maximum absolute atomic E-state index is 13.4. The number of benzene rings is 2. The maximum Gasteiger partial charge on any atom is 0.264 e. The average molecular weight is 419 g/mol. The van der Waals surface area contributed by atoms with E-state index in [9.17, 15) is 13.2 Å². The zero-order valence-corrected chi connectivity index (χ0v) is 17.7. The summed E-state index contributed by atoms with van der Waals surface area (Å²) < 4.78 is 33.1. The molecule has 0 spiro atoms. The molecule has 1 aliphatic heterocycles. The number of hydrogen-bond donors (Lipinski definition) is 1. The highest BCUT2D eigenvalue weighted by atomic mass is 32.2. The molecule has 0 atom stereocenters. The van der Waals surface area contributed by atoms with E-state index in [1.54, 1.807) is 47.4 Å². The van der Waals surface area contributed by atoms with Gasteiger partial charge >= 0.3 is 0 Å². The molecule has 8 heteroatoms. The lowest BCUT2D eigenvalue weighted by Gasteiger charge is -2.33. The second kappa shape index (κ2) is 9.28. The van der Waals surface area contributed by atoms with Gasteiger partial charge in [0.2, 0.25) is 5.91 Å². The van der Waals surface area contributed by atoms with E-state index in [1.807, 2.05) is 0 Å². The minimum atomic E-state index is -3.90. The number of carbonyl (C=O) groups is 1. The molecule has 2 aromatic carbocycles. The van der Waals surface area contributed by atoms with Gasteiger partial charge in [0.05, 0.1) is 50.4 Å². The lowest BCUT2D eigenvalue weighted by molar-refractivity contribution is -0.902. The van der Waals surface area contributed by atoms with Crippen LogP contribution in [0.25, 0.3) is 0 Å². The Hall–Kier alpha value is -2.58. The van der Waals surface area contributed by atoms with Crippen LogP contribution >= 0.6 is 0 Å². The number of sulfonamides is 1. The zero-order chi connectivity index (χ0) is 20.9. The molecular formula is C21H28N3O4S+. The minimum Gasteiger partial charge on any atom is -0.497 e. The van der Waals surface area contributed by atoms with Crippen LogP contribution in [0.5, 0.6) is 5.75 Å². The first-order valence-corrected chi connectivity index (χ1v) is 11.2. The van der Waals surface area contributed by atoms with E-state index in [2.05, 4.69) is 6.92 Å². The maximum atomic E-state index is 13.4. The number of rotatable bonds is 7. The number of nitrogens with one attached hydrogen (secondary N) is 1. The average Bonchev–Trinajstić information content (AvgIpc) is 2.77. The van der Waals surface area contributed by atoms with Gasteiger partial charge in [-0.15, -0.1) is 0 Å². The molecule has 3 rings (SSSR count). The fourth-order valence-electron chi connectivity index (χ4n) is 3.45. The Morgan fingerprint density at radius 3 is 2.41 bits per heavy atom. The van der Waals surface area contributed by atoms with Crippen molar-refractivity contribution in [2.75, 3.05) is 50.7 Å². The molecular weight excluding hydrogens is 390 g/mol. The molecule has 29 heavy (non-hydrogen) atoms. The first-order valence-electron chi connectivity index (χ1n) is 9.79. The third-order valence-corrected chi connectivity index (χ3v) is 7.06. The Morgan fingerprint density at radius 1 is 1.10 bits per heavy atom. The van der Waals surface area contributed by atoms with Crippen LogP contribution in [0.15, 0.2) is 59.5 Å². The summed E-state index contributed by atoms with van der Waals surface area (Å²) in [6.45, 7) is 5.95. The Balaban J connectivity index is 1.90. The fourth-order valence-corrected chi connectivity index (χ4v) is 4.88. The molecule has 7 nitrogen and oxygen atoms in total. The van der Waals surface area contributed by atoms with E-state index in [0.717, 1.165) is 19.6 Å². The topological polar surface area (TPSA) is 71.4 Å². The summed E-state index contributed by atoms with van der Waals surface area (Å²) in [7, 11) is -2.38. The predicted molar refractivity (Wildman–Crippen MR) is 112 cm³/mol. The number of quaternary nitrogens is 1.